The molecule has 98 valence electrons. The van der Waals surface area contributed by atoms with Crippen LogP contribution in [0.5, 0.6) is 0 Å². The summed E-state index contributed by atoms with van der Waals surface area (Å²) in [5, 5.41) is 4.25. The van der Waals surface area contributed by atoms with Crippen LogP contribution in [0.25, 0.3) is 5.69 Å². The van der Waals surface area contributed by atoms with E-state index in [9.17, 15) is 4.79 Å². The Bertz CT molecular complexity index is 557. The Morgan fingerprint density at radius 1 is 1.32 bits per heavy atom. The molecular formula is C15H16N2O2. The molecular weight excluding hydrogens is 240 g/mol. The summed E-state index contributed by atoms with van der Waals surface area (Å²) in [4.78, 5) is 12.3. The third kappa shape index (κ3) is 2.58. The van der Waals surface area contributed by atoms with Gasteiger partial charge in [-0.25, -0.2) is 4.68 Å². The Hall–Kier alpha value is -1.94. The highest BCUT2D eigenvalue weighted by Crippen LogP contribution is 2.20. The van der Waals surface area contributed by atoms with Crippen molar-refractivity contribution in [2.24, 2.45) is 5.92 Å². The summed E-state index contributed by atoms with van der Waals surface area (Å²) in [5.74, 6) is 0.489. The summed E-state index contributed by atoms with van der Waals surface area (Å²) in [6.45, 7) is 1.47. The van der Waals surface area contributed by atoms with E-state index in [1.807, 2.05) is 30.3 Å². The van der Waals surface area contributed by atoms with Gasteiger partial charge in [0.05, 0.1) is 11.9 Å². The first-order chi connectivity index (χ1) is 9.34. The van der Waals surface area contributed by atoms with Gasteiger partial charge in [0, 0.05) is 19.6 Å². The van der Waals surface area contributed by atoms with E-state index < -0.39 is 0 Å². The molecule has 0 saturated carbocycles. The quantitative estimate of drug-likeness (QED) is 0.789. The van der Waals surface area contributed by atoms with Crippen molar-refractivity contribution in [1.82, 2.24) is 9.78 Å². The lowest BCUT2D eigenvalue weighted by molar-refractivity contribution is 0.0945. The van der Waals surface area contributed by atoms with Gasteiger partial charge in [0.2, 0.25) is 0 Å². The Morgan fingerprint density at radius 2 is 2.16 bits per heavy atom. The van der Waals surface area contributed by atoms with Crippen molar-refractivity contribution < 1.29 is 9.53 Å². The second kappa shape index (κ2) is 5.36. The van der Waals surface area contributed by atoms with Crippen molar-refractivity contribution >= 4 is 5.78 Å². The van der Waals surface area contributed by atoms with Gasteiger partial charge in [-0.1, -0.05) is 18.2 Å². The predicted molar refractivity (Wildman–Crippen MR) is 71.4 cm³/mol. The van der Waals surface area contributed by atoms with Crippen LogP contribution in [0.4, 0.5) is 0 Å². The molecule has 1 atom stereocenters. The second-order valence-corrected chi connectivity index (χ2v) is 4.82. The molecule has 4 nitrogen and oxygen atoms in total. The summed E-state index contributed by atoms with van der Waals surface area (Å²) in [6, 6.07) is 11.5. The number of carbonyl (C=O) groups excluding carboxylic acids is 1. The van der Waals surface area contributed by atoms with Crippen LogP contribution in [0.1, 0.15) is 23.3 Å². The van der Waals surface area contributed by atoms with Crippen molar-refractivity contribution in [3.8, 4) is 5.69 Å². The minimum Gasteiger partial charge on any atom is -0.381 e. The molecule has 0 radical (unpaired) electrons. The largest absolute Gasteiger partial charge is 0.381 e. The van der Waals surface area contributed by atoms with Gasteiger partial charge in [-0.2, -0.15) is 5.10 Å². The minimum atomic E-state index is 0.136. The lowest BCUT2D eigenvalue weighted by Gasteiger charge is -2.09. The van der Waals surface area contributed by atoms with Gasteiger partial charge in [0.1, 0.15) is 5.69 Å². The van der Waals surface area contributed by atoms with Crippen molar-refractivity contribution in [2.45, 2.75) is 12.8 Å². The number of ketones is 1. The maximum absolute atomic E-state index is 12.3. The molecule has 2 aromatic rings. The Morgan fingerprint density at radius 3 is 2.89 bits per heavy atom. The van der Waals surface area contributed by atoms with E-state index in [0.717, 1.165) is 18.7 Å². The number of benzene rings is 1. The molecule has 2 heterocycles. The first kappa shape index (κ1) is 12.1. The monoisotopic (exact) mass is 256 g/mol. The molecule has 1 aromatic carbocycles. The van der Waals surface area contributed by atoms with Crippen molar-refractivity contribution in [3.63, 3.8) is 0 Å². The molecule has 0 bridgehead atoms. The van der Waals surface area contributed by atoms with Crippen molar-refractivity contribution in [1.29, 1.82) is 0 Å². The highest BCUT2D eigenvalue weighted by Gasteiger charge is 2.22. The zero-order valence-electron chi connectivity index (χ0n) is 10.7. The SMILES string of the molecule is O=C(CC1CCOC1)c1ccnn1-c1ccccc1. The number of hydrogen-bond acceptors (Lipinski definition) is 3. The third-order valence-corrected chi connectivity index (χ3v) is 3.43. The fraction of sp³-hybridized carbons (Fsp3) is 0.333. The van der Waals surface area contributed by atoms with E-state index >= 15 is 0 Å². The molecule has 1 aromatic heterocycles. The van der Waals surface area contributed by atoms with Gasteiger partial charge in [0.15, 0.2) is 5.78 Å². The number of carbonyl (C=O) groups is 1. The summed E-state index contributed by atoms with van der Waals surface area (Å²) in [6.07, 6.45) is 3.19. The molecule has 1 saturated heterocycles. The number of rotatable bonds is 4. The van der Waals surface area contributed by atoms with Crippen molar-refractivity contribution in [3.05, 3.63) is 48.3 Å². The molecule has 0 amide bonds. The van der Waals surface area contributed by atoms with E-state index in [4.69, 9.17) is 4.74 Å². The lowest BCUT2D eigenvalue weighted by Crippen LogP contribution is -2.13. The van der Waals surface area contributed by atoms with E-state index in [-0.39, 0.29) is 5.78 Å². The van der Waals surface area contributed by atoms with Crippen LogP contribution in [-0.2, 0) is 4.74 Å². The van der Waals surface area contributed by atoms with Crippen LogP contribution >= 0.6 is 0 Å². The van der Waals surface area contributed by atoms with E-state index in [1.54, 1.807) is 16.9 Å². The highest BCUT2D eigenvalue weighted by atomic mass is 16.5. The minimum absolute atomic E-state index is 0.136. The molecule has 3 rings (SSSR count). The number of aromatic nitrogens is 2. The first-order valence-electron chi connectivity index (χ1n) is 6.55. The lowest BCUT2D eigenvalue weighted by atomic mass is 10.0. The van der Waals surface area contributed by atoms with Crippen LogP contribution in [0.2, 0.25) is 0 Å². The summed E-state index contributed by atoms with van der Waals surface area (Å²) in [5.41, 5.74) is 1.57. The second-order valence-electron chi connectivity index (χ2n) is 4.82. The molecule has 1 unspecified atom stereocenters. The van der Waals surface area contributed by atoms with Crippen LogP contribution in [-0.4, -0.2) is 28.8 Å². The normalized spacial score (nSPS) is 18.6. The third-order valence-electron chi connectivity index (χ3n) is 3.43. The average Bonchev–Trinajstić information content (AvgIpc) is 3.10. The molecule has 19 heavy (non-hydrogen) atoms. The van der Waals surface area contributed by atoms with Gasteiger partial charge in [-0.05, 0) is 30.5 Å². The fourth-order valence-corrected chi connectivity index (χ4v) is 2.40. The Labute approximate surface area is 112 Å². The number of nitrogens with zero attached hydrogens (tertiary/aromatic N) is 2. The zero-order chi connectivity index (χ0) is 13.1. The van der Waals surface area contributed by atoms with Crippen molar-refractivity contribution in [2.75, 3.05) is 13.2 Å². The number of Topliss-reactive ketones (excluding diaryl/α,β-unsaturated/α-hetero) is 1. The van der Waals surface area contributed by atoms with Gasteiger partial charge in [-0.3, -0.25) is 4.79 Å². The van der Waals surface area contributed by atoms with Gasteiger partial charge < -0.3 is 4.74 Å². The summed E-state index contributed by atoms with van der Waals surface area (Å²) >= 11 is 0. The van der Waals surface area contributed by atoms with E-state index in [1.165, 1.54) is 0 Å². The molecule has 0 N–H and O–H groups in total. The highest BCUT2D eigenvalue weighted by molar-refractivity contribution is 5.95. The molecule has 4 heteroatoms. The standard InChI is InChI=1S/C15H16N2O2/c18-15(10-12-7-9-19-11-12)14-6-8-16-17(14)13-4-2-1-3-5-13/h1-6,8,12H,7,9-11H2. The zero-order valence-corrected chi connectivity index (χ0v) is 10.7. The molecule has 0 spiro atoms. The smallest absolute Gasteiger partial charge is 0.181 e. The van der Waals surface area contributed by atoms with Gasteiger partial charge in [0.25, 0.3) is 0 Å². The molecule has 0 aliphatic carbocycles. The predicted octanol–water partition coefficient (Wildman–Crippen LogP) is 2.48. The van der Waals surface area contributed by atoms with E-state index in [2.05, 4.69) is 5.10 Å². The maximum atomic E-state index is 12.3. The number of ether oxygens (including phenoxy) is 1. The number of hydrogen-bond donors (Lipinski definition) is 0. The van der Waals surface area contributed by atoms with Gasteiger partial charge >= 0.3 is 0 Å². The maximum Gasteiger partial charge on any atom is 0.181 e. The van der Waals surface area contributed by atoms with Gasteiger partial charge in [-0.15, -0.1) is 0 Å². The van der Waals surface area contributed by atoms with E-state index in [0.29, 0.717) is 24.6 Å². The molecule has 1 aliphatic rings. The fourth-order valence-electron chi connectivity index (χ4n) is 2.40. The Balaban J connectivity index is 1.81. The van der Waals surface area contributed by atoms with Crippen LogP contribution in [0, 0.1) is 5.92 Å². The average molecular weight is 256 g/mol. The van der Waals surface area contributed by atoms with Crippen LogP contribution < -0.4 is 0 Å². The summed E-state index contributed by atoms with van der Waals surface area (Å²) < 4.78 is 7.02. The molecule has 1 aliphatic heterocycles. The number of para-hydroxylation sites is 1. The Kier molecular flexibility index (Phi) is 3.42. The molecule has 1 fully saturated rings. The first-order valence-corrected chi connectivity index (χ1v) is 6.55. The van der Waals surface area contributed by atoms with Crippen LogP contribution in [0.15, 0.2) is 42.6 Å². The summed E-state index contributed by atoms with van der Waals surface area (Å²) in [7, 11) is 0. The van der Waals surface area contributed by atoms with Crippen LogP contribution in [0.3, 0.4) is 0 Å². The topological polar surface area (TPSA) is 44.1 Å².